The first kappa shape index (κ1) is 27.3. The van der Waals surface area contributed by atoms with Crippen molar-refractivity contribution in [3.05, 3.63) is 132 Å². The van der Waals surface area contributed by atoms with Crippen molar-refractivity contribution in [2.45, 2.75) is 11.6 Å². The van der Waals surface area contributed by atoms with Crippen molar-refractivity contribution in [3.8, 4) is 34.5 Å². The topological polar surface area (TPSA) is 111 Å². The van der Waals surface area contributed by atoms with Crippen molar-refractivity contribution in [3.63, 3.8) is 0 Å². The van der Waals surface area contributed by atoms with E-state index in [4.69, 9.17) is 20.9 Å². The van der Waals surface area contributed by atoms with Crippen LogP contribution in [0.2, 0.25) is 0 Å². The van der Waals surface area contributed by atoms with Crippen molar-refractivity contribution in [2.24, 2.45) is 0 Å². The molecule has 208 valence electrons. The summed E-state index contributed by atoms with van der Waals surface area (Å²) in [5.74, 6) is 0.772. The molecule has 0 aliphatic heterocycles. The summed E-state index contributed by atoms with van der Waals surface area (Å²) >= 11 is 0. The summed E-state index contributed by atoms with van der Waals surface area (Å²) in [7, 11) is 0. The van der Waals surface area contributed by atoms with Crippen molar-refractivity contribution >= 4 is 11.4 Å². The zero-order valence-corrected chi connectivity index (χ0v) is 21.5. The third-order valence-electron chi connectivity index (χ3n) is 6.68. The first-order valence-electron chi connectivity index (χ1n) is 12.4. The summed E-state index contributed by atoms with van der Waals surface area (Å²) in [6, 6.07) is 27.6. The van der Waals surface area contributed by atoms with E-state index in [9.17, 15) is 10.2 Å². The SMILES string of the molecule is Nc1ccc(Oc2ccc(C(c3ccccc3)(c3ccc(Oc4ccc(N)c(O)c4)cc3)C(F)(F)F)cc2)cc1O. The lowest BCUT2D eigenvalue weighted by atomic mass is 9.69. The van der Waals surface area contributed by atoms with Gasteiger partial charge in [0.1, 0.15) is 39.9 Å². The van der Waals surface area contributed by atoms with Gasteiger partial charge in [-0.25, -0.2) is 0 Å². The van der Waals surface area contributed by atoms with Crippen LogP contribution in [0, 0.1) is 0 Å². The van der Waals surface area contributed by atoms with Gasteiger partial charge in [-0.05, 0) is 65.2 Å². The number of nitrogens with two attached hydrogens (primary N) is 2. The molecular formula is C32H25F3N2O4. The molecule has 0 aliphatic rings. The number of ether oxygens (including phenoxy) is 2. The molecule has 0 amide bonds. The molecule has 0 radical (unpaired) electrons. The molecule has 0 aliphatic carbocycles. The fraction of sp³-hybridized carbons (Fsp3) is 0.0625. The smallest absolute Gasteiger partial charge is 0.406 e. The normalized spacial score (nSPS) is 11.7. The zero-order chi connectivity index (χ0) is 29.2. The minimum Gasteiger partial charge on any atom is -0.506 e. The van der Waals surface area contributed by atoms with Gasteiger partial charge in [-0.1, -0.05) is 54.6 Å². The highest BCUT2D eigenvalue weighted by Crippen LogP contribution is 2.51. The van der Waals surface area contributed by atoms with Gasteiger partial charge in [-0.3, -0.25) is 0 Å². The third-order valence-corrected chi connectivity index (χ3v) is 6.68. The Bertz CT molecular complexity index is 1560. The Morgan fingerprint density at radius 1 is 0.488 bits per heavy atom. The van der Waals surface area contributed by atoms with E-state index in [1.54, 1.807) is 30.3 Å². The van der Waals surface area contributed by atoms with Crippen LogP contribution in [-0.2, 0) is 5.41 Å². The fourth-order valence-electron chi connectivity index (χ4n) is 4.67. The maximum atomic E-state index is 15.3. The van der Waals surface area contributed by atoms with Crippen LogP contribution in [0.15, 0.2) is 115 Å². The van der Waals surface area contributed by atoms with Gasteiger partial charge in [-0.2, -0.15) is 13.2 Å². The summed E-state index contributed by atoms with van der Waals surface area (Å²) < 4.78 is 57.5. The Morgan fingerprint density at radius 2 is 0.854 bits per heavy atom. The number of nitrogen functional groups attached to an aromatic ring is 2. The number of aromatic hydroxyl groups is 2. The van der Waals surface area contributed by atoms with Gasteiger partial charge < -0.3 is 31.2 Å². The molecule has 5 rings (SSSR count). The Kier molecular flexibility index (Phi) is 7.11. The van der Waals surface area contributed by atoms with Crippen molar-refractivity contribution in [2.75, 3.05) is 11.5 Å². The van der Waals surface area contributed by atoms with Crippen molar-refractivity contribution in [1.82, 2.24) is 0 Å². The van der Waals surface area contributed by atoms with Crippen LogP contribution in [-0.4, -0.2) is 16.4 Å². The number of phenolic OH excluding ortho intramolecular Hbond substituents is 2. The molecular weight excluding hydrogens is 533 g/mol. The highest BCUT2D eigenvalue weighted by Gasteiger charge is 2.58. The molecule has 0 atom stereocenters. The summed E-state index contributed by atoms with van der Waals surface area (Å²) in [6.45, 7) is 0. The molecule has 0 aromatic heterocycles. The van der Waals surface area contributed by atoms with E-state index < -0.39 is 11.6 Å². The summed E-state index contributed by atoms with van der Waals surface area (Å²) in [6.07, 6.45) is -4.75. The second kappa shape index (κ2) is 10.7. The molecule has 0 bridgehead atoms. The molecule has 0 fully saturated rings. The Hall–Kier alpha value is -5.31. The van der Waals surface area contributed by atoms with Gasteiger partial charge in [0.2, 0.25) is 0 Å². The highest BCUT2D eigenvalue weighted by molar-refractivity contribution is 5.57. The first-order valence-corrected chi connectivity index (χ1v) is 12.4. The molecule has 5 aromatic carbocycles. The molecule has 6 N–H and O–H groups in total. The lowest BCUT2D eigenvalue weighted by Gasteiger charge is -2.37. The fourth-order valence-corrected chi connectivity index (χ4v) is 4.67. The first-order chi connectivity index (χ1) is 19.6. The highest BCUT2D eigenvalue weighted by atomic mass is 19.4. The van der Waals surface area contributed by atoms with Crippen LogP contribution in [0.4, 0.5) is 24.5 Å². The van der Waals surface area contributed by atoms with Crippen LogP contribution in [0.1, 0.15) is 16.7 Å². The standard InChI is InChI=1S/C32H25F3N2O4/c33-32(34,35)31(20-4-2-1-3-5-20,21-6-10-23(11-7-21)40-25-14-16-27(36)29(38)18-25)22-8-12-24(13-9-22)41-26-15-17-28(37)30(39)19-26/h1-19,38-39H,36-37H2. The van der Waals surface area contributed by atoms with E-state index in [1.165, 1.54) is 84.9 Å². The number of rotatable bonds is 7. The van der Waals surface area contributed by atoms with Crippen LogP contribution in [0.25, 0.3) is 0 Å². The number of hydrogen-bond donors (Lipinski definition) is 4. The van der Waals surface area contributed by atoms with Crippen LogP contribution >= 0.6 is 0 Å². The molecule has 0 unspecified atom stereocenters. The van der Waals surface area contributed by atoms with Crippen LogP contribution < -0.4 is 20.9 Å². The predicted molar refractivity (Wildman–Crippen MR) is 150 cm³/mol. The summed E-state index contributed by atoms with van der Waals surface area (Å²) in [5.41, 5.74) is 9.05. The third kappa shape index (κ3) is 5.29. The number of halogens is 3. The number of anilines is 2. The van der Waals surface area contributed by atoms with E-state index >= 15 is 13.2 Å². The van der Waals surface area contributed by atoms with Gasteiger partial charge in [0.15, 0.2) is 0 Å². The number of phenols is 2. The second-order valence-corrected chi connectivity index (χ2v) is 9.31. The molecule has 0 heterocycles. The van der Waals surface area contributed by atoms with Crippen molar-refractivity contribution < 1.29 is 32.9 Å². The average molecular weight is 559 g/mol. The molecule has 5 aromatic rings. The van der Waals surface area contributed by atoms with E-state index in [-0.39, 0.29) is 62.6 Å². The minimum absolute atomic E-state index is 0.0270. The van der Waals surface area contributed by atoms with E-state index in [0.29, 0.717) is 0 Å². The Labute approximate surface area is 233 Å². The lowest BCUT2D eigenvalue weighted by molar-refractivity contribution is -0.166. The summed E-state index contributed by atoms with van der Waals surface area (Å²) in [4.78, 5) is 0. The van der Waals surface area contributed by atoms with E-state index in [0.717, 1.165) is 0 Å². The van der Waals surface area contributed by atoms with Crippen LogP contribution in [0.3, 0.4) is 0 Å². The Balaban J connectivity index is 1.55. The number of hydrogen-bond acceptors (Lipinski definition) is 6. The van der Waals surface area contributed by atoms with Gasteiger partial charge >= 0.3 is 6.18 Å². The van der Waals surface area contributed by atoms with Crippen molar-refractivity contribution in [1.29, 1.82) is 0 Å². The number of benzene rings is 5. The number of alkyl halides is 3. The predicted octanol–water partition coefficient (Wildman–Crippen LogP) is 7.74. The molecule has 0 saturated carbocycles. The van der Waals surface area contributed by atoms with E-state index in [2.05, 4.69) is 0 Å². The molecule has 0 saturated heterocycles. The molecule has 0 spiro atoms. The summed E-state index contributed by atoms with van der Waals surface area (Å²) in [5, 5.41) is 19.7. The van der Waals surface area contributed by atoms with Gasteiger partial charge in [0, 0.05) is 12.1 Å². The van der Waals surface area contributed by atoms with Gasteiger partial charge in [-0.15, -0.1) is 0 Å². The monoisotopic (exact) mass is 558 g/mol. The Morgan fingerprint density at radius 3 is 1.22 bits per heavy atom. The van der Waals surface area contributed by atoms with Gasteiger partial charge in [0.05, 0.1) is 11.4 Å². The quantitative estimate of drug-likeness (QED) is 0.0924. The molecule has 6 nitrogen and oxygen atoms in total. The minimum atomic E-state index is -4.75. The maximum absolute atomic E-state index is 15.3. The lowest BCUT2D eigenvalue weighted by Crippen LogP contribution is -2.44. The van der Waals surface area contributed by atoms with E-state index in [1.807, 2.05) is 0 Å². The molecule has 9 heteroatoms. The second-order valence-electron chi connectivity index (χ2n) is 9.31. The van der Waals surface area contributed by atoms with Gasteiger partial charge in [0.25, 0.3) is 0 Å². The zero-order valence-electron chi connectivity index (χ0n) is 21.5. The average Bonchev–Trinajstić information content (AvgIpc) is 2.95. The molecule has 41 heavy (non-hydrogen) atoms. The maximum Gasteiger partial charge on any atom is 0.406 e. The van der Waals surface area contributed by atoms with Crippen LogP contribution in [0.5, 0.6) is 34.5 Å². The largest absolute Gasteiger partial charge is 0.506 e.